The van der Waals surface area contributed by atoms with E-state index >= 15 is 0 Å². The van der Waals surface area contributed by atoms with Gasteiger partial charge in [-0.05, 0) is 36.4 Å². The third-order valence-corrected chi connectivity index (χ3v) is 3.81. The summed E-state index contributed by atoms with van der Waals surface area (Å²) in [6, 6.07) is 13.6. The number of carbonyl (C=O) groups is 1. The van der Waals surface area contributed by atoms with Gasteiger partial charge in [0.05, 0.1) is 26.1 Å². The van der Waals surface area contributed by atoms with Crippen LogP contribution in [0.4, 0.5) is 0 Å². The van der Waals surface area contributed by atoms with Gasteiger partial charge in [0, 0.05) is 11.1 Å². The molecule has 1 aromatic heterocycles. The zero-order chi connectivity index (χ0) is 19.2. The van der Waals surface area contributed by atoms with Gasteiger partial charge in [0.25, 0.3) is 5.91 Å². The maximum absolute atomic E-state index is 12.2. The summed E-state index contributed by atoms with van der Waals surface area (Å²) in [7, 11) is 3.12. The van der Waals surface area contributed by atoms with Crippen LogP contribution in [-0.4, -0.2) is 41.6 Å². The molecular formula is C19H18N4O4. The molecule has 0 atom stereocenters. The smallest absolute Gasteiger partial charge is 0.289 e. The summed E-state index contributed by atoms with van der Waals surface area (Å²) in [4.78, 5) is 12.2. The third kappa shape index (κ3) is 4.06. The first kappa shape index (κ1) is 18.0. The zero-order valence-corrected chi connectivity index (χ0v) is 14.8. The van der Waals surface area contributed by atoms with Gasteiger partial charge in [0.15, 0.2) is 0 Å². The Morgan fingerprint density at radius 2 is 2.00 bits per heavy atom. The van der Waals surface area contributed by atoms with Crippen molar-refractivity contribution in [2.24, 2.45) is 5.10 Å². The van der Waals surface area contributed by atoms with E-state index in [1.165, 1.54) is 12.3 Å². The molecule has 0 unspecified atom stereocenters. The average molecular weight is 366 g/mol. The minimum Gasteiger partial charge on any atom is -0.507 e. The Balaban J connectivity index is 1.76. The Morgan fingerprint density at radius 1 is 1.19 bits per heavy atom. The van der Waals surface area contributed by atoms with Gasteiger partial charge in [-0.2, -0.15) is 10.2 Å². The maximum Gasteiger partial charge on any atom is 0.289 e. The second-order valence-corrected chi connectivity index (χ2v) is 5.49. The molecule has 1 heterocycles. The van der Waals surface area contributed by atoms with Crippen LogP contribution in [0.1, 0.15) is 16.1 Å². The molecule has 0 aliphatic rings. The van der Waals surface area contributed by atoms with Crippen molar-refractivity contribution in [1.29, 1.82) is 0 Å². The number of hydrazone groups is 1. The molecule has 0 aliphatic carbocycles. The minimum atomic E-state index is -0.470. The highest BCUT2D eigenvalue weighted by Gasteiger charge is 2.14. The van der Waals surface area contributed by atoms with Crippen molar-refractivity contribution in [2.75, 3.05) is 14.2 Å². The van der Waals surface area contributed by atoms with Crippen LogP contribution in [0.25, 0.3) is 11.3 Å². The number of aromatic amines is 1. The van der Waals surface area contributed by atoms with Crippen LogP contribution in [-0.2, 0) is 0 Å². The number of hydrogen-bond acceptors (Lipinski definition) is 6. The highest BCUT2D eigenvalue weighted by Crippen LogP contribution is 2.32. The predicted molar refractivity (Wildman–Crippen MR) is 100 cm³/mol. The number of methoxy groups -OCH3 is 2. The van der Waals surface area contributed by atoms with E-state index in [2.05, 4.69) is 20.7 Å². The van der Waals surface area contributed by atoms with Crippen LogP contribution in [0.5, 0.6) is 17.2 Å². The number of rotatable bonds is 6. The van der Waals surface area contributed by atoms with E-state index in [0.29, 0.717) is 28.3 Å². The lowest BCUT2D eigenvalue weighted by Gasteiger charge is -2.08. The van der Waals surface area contributed by atoms with Crippen LogP contribution in [0.3, 0.4) is 0 Å². The van der Waals surface area contributed by atoms with E-state index in [-0.39, 0.29) is 11.4 Å². The number of benzene rings is 2. The van der Waals surface area contributed by atoms with Gasteiger partial charge >= 0.3 is 0 Å². The van der Waals surface area contributed by atoms with Crippen LogP contribution in [0.15, 0.2) is 53.6 Å². The van der Waals surface area contributed by atoms with Gasteiger partial charge < -0.3 is 14.6 Å². The van der Waals surface area contributed by atoms with Gasteiger partial charge in [0.2, 0.25) is 0 Å². The Kier molecular flexibility index (Phi) is 5.36. The van der Waals surface area contributed by atoms with Crippen LogP contribution >= 0.6 is 0 Å². The van der Waals surface area contributed by atoms with Crippen molar-refractivity contribution >= 4 is 12.1 Å². The van der Waals surface area contributed by atoms with Crippen LogP contribution in [0.2, 0.25) is 0 Å². The van der Waals surface area contributed by atoms with Crippen LogP contribution < -0.4 is 14.9 Å². The summed E-state index contributed by atoms with van der Waals surface area (Å²) in [5, 5.41) is 20.3. The lowest BCUT2D eigenvalue weighted by atomic mass is 10.1. The van der Waals surface area contributed by atoms with Crippen LogP contribution in [0, 0.1) is 0 Å². The Labute approximate surface area is 155 Å². The third-order valence-electron chi connectivity index (χ3n) is 3.81. The Hall–Kier alpha value is -3.81. The molecule has 2 aromatic carbocycles. The average Bonchev–Trinajstić information content (AvgIpc) is 3.19. The summed E-state index contributed by atoms with van der Waals surface area (Å²) in [6.45, 7) is 0. The van der Waals surface area contributed by atoms with Gasteiger partial charge in [-0.3, -0.25) is 9.89 Å². The molecule has 3 rings (SSSR count). The molecule has 3 aromatic rings. The van der Waals surface area contributed by atoms with Crippen molar-refractivity contribution in [3.8, 4) is 28.5 Å². The van der Waals surface area contributed by atoms with Crippen molar-refractivity contribution in [3.63, 3.8) is 0 Å². The van der Waals surface area contributed by atoms with E-state index in [0.717, 1.165) is 0 Å². The number of amides is 1. The highest BCUT2D eigenvalue weighted by atomic mass is 16.5. The molecule has 0 fully saturated rings. The molecule has 0 saturated heterocycles. The number of aromatic hydroxyl groups is 1. The number of phenols is 1. The Morgan fingerprint density at radius 3 is 2.74 bits per heavy atom. The molecule has 0 spiro atoms. The molecule has 0 radical (unpaired) electrons. The summed E-state index contributed by atoms with van der Waals surface area (Å²) in [6.07, 6.45) is 1.36. The van der Waals surface area contributed by atoms with Crippen molar-refractivity contribution in [2.45, 2.75) is 0 Å². The largest absolute Gasteiger partial charge is 0.507 e. The quantitative estimate of drug-likeness (QED) is 0.459. The SMILES string of the molecule is COc1ccc(OC)c(-c2cc(C(=O)N/N=C/c3ccccc3O)[nH]n2)c1. The number of ether oxygens (including phenoxy) is 2. The number of H-pyrrole nitrogens is 1. The molecular weight excluding hydrogens is 348 g/mol. The van der Waals surface area contributed by atoms with Crippen molar-refractivity contribution in [3.05, 3.63) is 59.8 Å². The molecule has 8 heteroatoms. The first-order valence-corrected chi connectivity index (χ1v) is 8.01. The first-order chi connectivity index (χ1) is 13.1. The van der Waals surface area contributed by atoms with E-state index in [1.807, 2.05) is 0 Å². The number of para-hydroxylation sites is 1. The topological polar surface area (TPSA) is 109 Å². The number of aromatic nitrogens is 2. The lowest BCUT2D eigenvalue weighted by Crippen LogP contribution is -2.18. The summed E-state index contributed by atoms with van der Waals surface area (Å²) in [5.41, 5.74) is 4.31. The van der Waals surface area contributed by atoms with E-state index in [1.54, 1.807) is 56.7 Å². The van der Waals surface area contributed by atoms with E-state index < -0.39 is 5.91 Å². The fraction of sp³-hybridized carbons (Fsp3) is 0.105. The van der Waals surface area contributed by atoms with Gasteiger partial charge in [-0.25, -0.2) is 5.43 Å². The van der Waals surface area contributed by atoms with Gasteiger partial charge in [-0.15, -0.1) is 0 Å². The fourth-order valence-electron chi connectivity index (χ4n) is 2.41. The molecule has 8 nitrogen and oxygen atoms in total. The van der Waals surface area contributed by atoms with Crippen molar-refractivity contribution in [1.82, 2.24) is 15.6 Å². The van der Waals surface area contributed by atoms with Crippen molar-refractivity contribution < 1.29 is 19.4 Å². The van der Waals surface area contributed by atoms with E-state index in [9.17, 15) is 9.90 Å². The molecule has 0 aliphatic heterocycles. The summed E-state index contributed by atoms with van der Waals surface area (Å²) < 4.78 is 10.6. The molecule has 27 heavy (non-hydrogen) atoms. The Bertz CT molecular complexity index is 981. The number of phenolic OH excluding ortho intramolecular Hbond substituents is 1. The molecule has 3 N–H and O–H groups in total. The molecule has 0 bridgehead atoms. The summed E-state index contributed by atoms with van der Waals surface area (Å²) >= 11 is 0. The molecule has 138 valence electrons. The molecule has 1 amide bonds. The first-order valence-electron chi connectivity index (χ1n) is 8.01. The summed E-state index contributed by atoms with van der Waals surface area (Å²) in [5.74, 6) is 0.852. The second-order valence-electron chi connectivity index (χ2n) is 5.49. The molecule has 0 saturated carbocycles. The standard InChI is InChI=1S/C19H18N4O4/c1-26-13-7-8-18(27-2)14(9-13)15-10-16(22-21-15)19(25)23-20-11-12-5-3-4-6-17(12)24/h3-11,24H,1-2H3,(H,21,22)(H,23,25)/b20-11+. The van der Waals surface area contributed by atoms with Gasteiger partial charge in [-0.1, -0.05) is 12.1 Å². The maximum atomic E-state index is 12.2. The van der Waals surface area contributed by atoms with E-state index in [4.69, 9.17) is 9.47 Å². The number of hydrogen-bond donors (Lipinski definition) is 3. The number of nitrogens with one attached hydrogen (secondary N) is 2. The minimum absolute atomic E-state index is 0.0736. The lowest BCUT2D eigenvalue weighted by molar-refractivity contribution is 0.0950. The predicted octanol–water partition coefficient (Wildman–Crippen LogP) is 2.56. The highest BCUT2D eigenvalue weighted by molar-refractivity contribution is 5.94. The zero-order valence-electron chi connectivity index (χ0n) is 14.8. The number of carbonyl (C=O) groups excluding carboxylic acids is 1. The second kappa shape index (κ2) is 8.05. The fourth-order valence-corrected chi connectivity index (χ4v) is 2.41. The van der Waals surface area contributed by atoms with Gasteiger partial charge in [0.1, 0.15) is 22.9 Å². The monoisotopic (exact) mass is 366 g/mol. The number of nitrogens with zero attached hydrogens (tertiary/aromatic N) is 2. The normalized spacial score (nSPS) is 10.7.